The largest absolute Gasteiger partial charge is 0.473 e. The second-order valence-corrected chi connectivity index (χ2v) is 7.21. The molecule has 0 atom stereocenters. The number of para-hydroxylation sites is 1. The zero-order valence-corrected chi connectivity index (χ0v) is 16.0. The van der Waals surface area contributed by atoms with E-state index in [1.165, 1.54) is 10.9 Å². The quantitative estimate of drug-likeness (QED) is 0.688. The van der Waals surface area contributed by atoms with Crippen molar-refractivity contribution in [1.82, 2.24) is 24.8 Å². The Morgan fingerprint density at radius 1 is 1.14 bits per heavy atom. The first kappa shape index (κ1) is 19.0. The van der Waals surface area contributed by atoms with Crippen LogP contribution in [0.3, 0.4) is 0 Å². The summed E-state index contributed by atoms with van der Waals surface area (Å²) in [6, 6.07) is 7.35. The molecule has 4 rings (SSSR count). The molecule has 0 aliphatic heterocycles. The van der Waals surface area contributed by atoms with Crippen molar-refractivity contribution >= 4 is 16.8 Å². The molecule has 1 saturated carbocycles. The highest BCUT2D eigenvalue weighted by atomic mass is 16.5. The fraction of sp³-hybridized carbons (Fsp3) is 0.381. The van der Waals surface area contributed by atoms with Crippen LogP contribution >= 0.6 is 0 Å². The number of hydrogen-bond donors (Lipinski definition) is 1. The van der Waals surface area contributed by atoms with Gasteiger partial charge in [0.2, 0.25) is 11.8 Å². The molecule has 8 nitrogen and oxygen atoms in total. The molecular formula is C21H23N5O3. The summed E-state index contributed by atoms with van der Waals surface area (Å²) in [5, 5.41) is 3.64. The van der Waals surface area contributed by atoms with Gasteiger partial charge in [0.05, 0.1) is 23.4 Å². The first-order valence-corrected chi connectivity index (χ1v) is 9.85. The minimum absolute atomic E-state index is 0.0525. The number of benzene rings is 1. The van der Waals surface area contributed by atoms with Crippen molar-refractivity contribution in [3.8, 4) is 5.88 Å². The number of nitrogens with zero attached hydrogens (tertiary/aromatic N) is 4. The lowest BCUT2D eigenvalue weighted by Gasteiger charge is -2.29. The second-order valence-electron chi connectivity index (χ2n) is 7.21. The topological polar surface area (TPSA) is 99.0 Å². The summed E-state index contributed by atoms with van der Waals surface area (Å²) < 4.78 is 7.32. The molecule has 1 fully saturated rings. The first-order valence-electron chi connectivity index (χ1n) is 9.85. The number of hydrogen-bond acceptors (Lipinski definition) is 6. The minimum Gasteiger partial charge on any atom is -0.473 e. The average molecular weight is 393 g/mol. The number of fused-ring (bicyclic) bond motifs is 1. The van der Waals surface area contributed by atoms with Gasteiger partial charge in [-0.15, -0.1) is 0 Å². The first-order chi connectivity index (χ1) is 14.2. The van der Waals surface area contributed by atoms with E-state index >= 15 is 0 Å². The lowest BCUT2D eigenvalue weighted by molar-refractivity contribution is -0.122. The molecule has 2 heterocycles. The van der Waals surface area contributed by atoms with E-state index < -0.39 is 0 Å². The molecule has 8 heteroatoms. The maximum Gasteiger partial charge on any atom is 0.261 e. The highest BCUT2D eigenvalue weighted by molar-refractivity contribution is 5.77. The normalized spacial score (nSPS) is 19.0. The van der Waals surface area contributed by atoms with Crippen LogP contribution < -0.4 is 15.6 Å². The molecule has 1 aromatic carbocycles. The zero-order valence-electron chi connectivity index (χ0n) is 16.0. The van der Waals surface area contributed by atoms with Crippen LogP contribution in [0.1, 0.15) is 32.1 Å². The van der Waals surface area contributed by atoms with Crippen molar-refractivity contribution in [3.63, 3.8) is 0 Å². The van der Waals surface area contributed by atoms with Crippen LogP contribution in [0, 0.1) is 0 Å². The predicted molar refractivity (Wildman–Crippen MR) is 107 cm³/mol. The Morgan fingerprint density at radius 3 is 2.76 bits per heavy atom. The SMILES string of the molecule is O=C(CCn1cnc2ccccc2c1=O)NC1CCC(Oc2cnccn2)CC1. The highest BCUT2D eigenvalue weighted by Crippen LogP contribution is 2.22. The lowest BCUT2D eigenvalue weighted by atomic mass is 9.93. The summed E-state index contributed by atoms with van der Waals surface area (Å²) in [7, 11) is 0. The molecule has 0 bridgehead atoms. The van der Waals surface area contributed by atoms with E-state index in [0.29, 0.717) is 23.3 Å². The summed E-state index contributed by atoms with van der Waals surface area (Å²) in [4.78, 5) is 37.2. The monoisotopic (exact) mass is 393 g/mol. The van der Waals surface area contributed by atoms with Gasteiger partial charge in [-0.3, -0.25) is 19.1 Å². The maximum absolute atomic E-state index is 12.5. The highest BCUT2D eigenvalue weighted by Gasteiger charge is 2.24. The standard InChI is InChI=1S/C21H23N5O3/c27-19(9-12-26-14-24-18-4-2-1-3-17(18)21(26)28)25-15-5-7-16(8-6-15)29-20-13-22-10-11-23-20/h1-4,10-11,13-16H,5-9,12H2,(H,25,27). The Kier molecular flexibility index (Phi) is 5.79. The summed E-state index contributed by atoms with van der Waals surface area (Å²) in [5.41, 5.74) is 0.545. The van der Waals surface area contributed by atoms with E-state index in [1.807, 2.05) is 12.1 Å². The number of ether oxygens (including phenoxy) is 1. The van der Waals surface area contributed by atoms with Gasteiger partial charge in [-0.05, 0) is 37.8 Å². The van der Waals surface area contributed by atoms with Crippen LogP contribution in [-0.4, -0.2) is 37.6 Å². The molecule has 3 aromatic rings. The third-order valence-electron chi connectivity index (χ3n) is 5.18. The molecule has 0 saturated heterocycles. The van der Waals surface area contributed by atoms with Crippen molar-refractivity contribution in [2.75, 3.05) is 0 Å². The molecule has 0 radical (unpaired) electrons. The number of carbonyl (C=O) groups is 1. The molecule has 29 heavy (non-hydrogen) atoms. The Balaban J connectivity index is 1.25. The number of rotatable bonds is 6. The van der Waals surface area contributed by atoms with Crippen LogP contribution in [0.5, 0.6) is 5.88 Å². The molecule has 150 valence electrons. The zero-order chi connectivity index (χ0) is 20.1. The van der Waals surface area contributed by atoms with Crippen molar-refractivity contribution < 1.29 is 9.53 Å². The van der Waals surface area contributed by atoms with E-state index in [1.54, 1.807) is 30.7 Å². The third-order valence-corrected chi connectivity index (χ3v) is 5.18. The van der Waals surface area contributed by atoms with Crippen LogP contribution in [0.15, 0.2) is 54.0 Å². The van der Waals surface area contributed by atoms with Gasteiger partial charge in [0.25, 0.3) is 5.56 Å². The van der Waals surface area contributed by atoms with Crippen molar-refractivity contribution in [1.29, 1.82) is 0 Å². The number of carbonyl (C=O) groups excluding carboxylic acids is 1. The van der Waals surface area contributed by atoms with Gasteiger partial charge >= 0.3 is 0 Å². The Hall–Kier alpha value is -3.29. The molecule has 2 aromatic heterocycles. The van der Waals surface area contributed by atoms with Gasteiger partial charge < -0.3 is 10.1 Å². The second kappa shape index (κ2) is 8.81. The lowest BCUT2D eigenvalue weighted by Crippen LogP contribution is -2.40. The number of aromatic nitrogens is 4. The maximum atomic E-state index is 12.5. The van der Waals surface area contributed by atoms with Crippen molar-refractivity contribution in [2.24, 2.45) is 0 Å². The van der Waals surface area contributed by atoms with E-state index in [0.717, 1.165) is 25.7 Å². The van der Waals surface area contributed by atoms with Crippen LogP contribution in [-0.2, 0) is 11.3 Å². The fourth-order valence-corrected chi connectivity index (χ4v) is 3.63. The Morgan fingerprint density at radius 2 is 1.97 bits per heavy atom. The Bertz CT molecular complexity index is 1030. The molecule has 1 aliphatic carbocycles. The summed E-state index contributed by atoms with van der Waals surface area (Å²) in [6.45, 7) is 0.313. The van der Waals surface area contributed by atoms with E-state index in [9.17, 15) is 9.59 Å². The molecular weight excluding hydrogens is 370 g/mol. The van der Waals surface area contributed by atoms with E-state index in [2.05, 4.69) is 20.3 Å². The summed E-state index contributed by atoms with van der Waals surface area (Å²) >= 11 is 0. The molecule has 1 aliphatic rings. The van der Waals surface area contributed by atoms with E-state index in [-0.39, 0.29) is 30.0 Å². The van der Waals surface area contributed by atoms with Crippen LogP contribution in [0.4, 0.5) is 0 Å². The fourth-order valence-electron chi connectivity index (χ4n) is 3.63. The van der Waals surface area contributed by atoms with Crippen LogP contribution in [0.2, 0.25) is 0 Å². The molecule has 0 unspecified atom stereocenters. The van der Waals surface area contributed by atoms with Gasteiger partial charge in [0.1, 0.15) is 6.10 Å². The smallest absolute Gasteiger partial charge is 0.261 e. The number of amides is 1. The van der Waals surface area contributed by atoms with Gasteiger partial charge in [0, 0.05) is 31.4 Å². The molecule has 0 spiro atoms. The van der Waals surface area contributed by atoms with Gasteiger partial charge in [-0.2, -0.15) is 0 Å². The third kappa shape index (κ3) is 4.77. The molecule has 1 amide bonds. The summed E-state index contributed by atoms with van der Waals surface area (Å²) in [6.07, 6.45) is 10.1. The number of nitrogens with one attached hydrogen (secondary N) is 1. The van der Waals surface area contributed by atoms with Crippen molar-refractivity contribution in [3.05, 3.63) is 59.5 Å². The number of aryl methyl sites for hydroxylation is 1. The van der Waals surface area contributed by atoms with Gasteiger partial charge in [-0.25, -0.2) is 9.97 Å². The van der Waals surface area contributed by atoms with Gasteiger partial charge in [-0.1, -0.05) is 12.1 Å². The van der Waals surface area contributed by atoms with Gasteiger partial charge in [0.15, 0.2) is 0 Å². The Labute approximate surface area is 168 Å². The van der Waals surface area contributed by atoms with Crippen LogP contribution in [0.25, 0.3) is 10.9 Å². The van der Waals surface area contributed by atoms with Crippen molar-refractivity contribution in [2.45, 2.75) is 50.8 Å². The molecule has 1 N–H and O–H groups in total. The average Bonchev–Trinajstić information content (AvgIpc) is 2.76. The minimum atomic E-state index is -0.120. The summed E-state index contributed by atoms with van der Waals surface area (Å²) in [5.74, 6) is 0.484. The predicted octanol–water partition coefficient (Wildman–Crippen LogP) is 2.08. The van der Waals surface area contributed by atoms with E-state index in [4.69, 9.17) is 4.74 Å².